The van der Waals surface area contributed by atoms with E-state index in [1.807, 2.05) is 7.05 Å². The van der Waals surface area contributed by atoms with Gasteiger partial charge in [0.1, 0.15) is 12.4 Å². The molecule has 2 rings (SSSR count). The van der Waals surface area contributed by atoms with Crippen molar-refractivity contribution in [3.8, 4) is 11.5 Å². The fourth-order valence-corrected chi connectivity index (χ4v) is 2.18. The Morgan fingerprint density at radius 1 is 1.29 bits per heavy atom. The van der Waals surface area contributed by atoms with Crippen molar-refractivity contribution >= 4 is 11.6 Å². The Labute approximate surface area is 127 Å². The summed E-state index contributed by atoms with van der Waals surface area (Å²) in [6.45, 7) is 0.771. The van der Waals surface area contributed by atoms with E-state index in [0.29, 0.717) is 28.6 Å². The Kier molecular flexibility index (Phi) is 5.36. The van der Waals surface area contributed by atoms with Gasteiger partial charge in [0, 0.05) is 35.0 Å². The molecule has 2 aromatic rings. The summed E-state index contributed by atoms with van der Waals surface area (Å²) in [5, 5.41) is 3.61. The number of pyridine rings is 1. The van der Waals surface area contributed by atoms with Crippen molar-refractivity contribution in [2.45, 2.75) is 13.2 Å². The zero-order valence-electron chi connectivity index (χ0n) is 11.8. The van der Waals surface area contributed by atoms with Gasteiger partial charge in [-0.05, 0) is 19.2 Å². The van der Waals surface area contributed by atoms with Gasteiger partial charge in [0.05, 0.1) is 13.3 Å². The molecule has 0 spiro atoms. The van der Waals surface area contributed by atoms with Crippen LogP contribution in [0.1, 0.15) is 11.1 Å². The third kappa shape index (κ3) is 4.06. The van der Waals surface area contributed by atoms with E-state index < -0.39 is 5.82 Å². The van der Waals surface area contributed by atoms with Crippen LogP contribution in [-0.4, -0.2) is 19.1 Å². The van der Waals surface area contributed by atoms with E-state index in [2.05, 4.69) is 10.3 Å². The van der Waals surface area contributed by atoms with E-state index in [0.717, 1.165) is 11.8 Å². The third-order valence-electron chi connectivity index (χ3n) is 2.83. The Hall–Kier alpha value is -1.85. The number of benzene rings is 1. The molecule has 0 fully saturated rings. The Morgan fingerprint density at radius 3 is 2.76 bits per heavy atom. The summed E-state index contributed by atoms with van der Waals surface area (Å²) in [5.41, 5.74) is 1.51. The van der Waals surface area contributed by atoms with Crippen molar-refractivity contribution in [1.82, 2.24) is 10.3 Å². The molecular formula is C15H16ClFN2O2. The third-order valence-corrected chi connectivity index (χ3v) is 3.05. The summed E-state index contributed by atoms with van der Waals surface area (Å²) in [7, 11) is 3.37. The van der Waals surface area contributed by atoms with E-state index in [1.54, 1.807) is 25.4 Å². The lowest BCUT2D eigenvalue weighted by molar-refractivity contribution is 0.280. The van der Waals surface area contributed by atoms with Crippen LogP contribution < -0.4 is 14.8 Å². The van der Waals surface area contributed by atoms with Crippen LogP contribution in [0.15, 0.2) is 30.6 Å². The maximum Gasteiger partial charge on any atom is 0.166 e. The summed E-state index contributed by atoms with van der Waals surface area (Å²) in [6.07, 6.45) is 2.71. The quantitative estimate of drug-likeness (QED) is 0.890. The van der Waals surface area contributed by atoms with Gasteiger partial charge in [0.2, 0.25) is 0 Å². The number of halogens is 2. The van der Waals surface area contributed by atoms with Crippen LogP contribution in [0.3, 0.4) is 0 Å². The van der Waals surface area contributed by atoms with Gasteiger partial charge in [-0.25, -0.2) is 4.39 Å². The van der Waals surface area contributed by atoms with Gasteiger partial charge in [0.25, 0.3) is 0 Å². The molecule has 0 bridgehead atoms. The van der Waals surface area contributed by atoms with Crippen LogP contribution >= 0.6 is 11.6 Å². The number of rotatable bonds is 6. The second-order valence-electron chi connectivity index (χ2n) is 4.43. The van der Waals surface area contributed by atoms with Crippen LogP contribution in [0.2, 0.25) is 5.02 Å². The number of nitrogens with zero attached hydrogens (tertiary/aromatic N) is 1. The topological polar surface area (TPSA) is 43.4 Å². The monoisotopic (exact) mass is 310 g/mol. The fraction of sp³-hybridized carbons (Fsp3) is 0.267. The molecule has 0 atom stereocenters. The summed E-state index contributed by atoms with van der Waals surface area (Å²) in [6, 6.07) is 4.87. The van der Waals surface area contributed by atoms with Crippen LogP contribution in [-0.2, 0) is 13.2 Å². The molecule has 1 aromatic heterocycles. The molecule has 1 aromatic carbocycles. The molecule has 0 amide bonds. The zero-order valence-corrected chi connectivity index (χ0v) is 12.6. The molecular weight excluding hydrogens is 295 g/mol. The van der Waals surface area contributed by atoms with Gasteiger partial charge in [-0.2, -0.15) is 0 Å². The molecule has 1 N–H and O–H groups in total. The van der Waals surface area contributed by atoms with Crippen molar-refractivity contribution in [2.24, 2.45) is 0 Å². The maximum atomic E-state index is 13.1. The lowest BCUT2D eigenvalue weighted by atomic mass is 10.2. The first kappa shape index (κ1) is 15.5. The molecule has 6 heteroatoms. The van der Waals surface area contributed by atoms with E-state index >= 15 is 0 Å². The number of ether oxygens (including phenoxy) is 2. The highest BCUT2D eigenvalue weighted by Gasteiger charge is 2.13. The predicted molar refractivity (Wildman–Crippen MR) is 79.3 cm³/mol. The summed E-state index contributed by atoms with van der Waals surface area (Å²) in [5.74, 6) is 0.729. The second kappa shape index (κ2) is 7.24. The van der Waals surface area contributed by atoms with Gasteiger partial charge < -0.3 is 14.8 Å². The van der Waals surface area contributed by atoms with Gasteiger partial charge in [0.15, 0.2) is 11.5 Å². The van der Waals surface area contributed by atoms with Gasteiger partial charge in [-0.1, -0.05) is 11.6 Å². The summed E-state index contributed by atoms with van der Waals surface area (Å²) in [4.78, 5) is 3.79. The summed E-state index contributed by atoms with van der Waals surface area (Å²) < 4.78 is 24.2. The van der Waals surface area contributed by atoms with E-state index in [9.17, 15) is 4.39 Å². The first-order valence-electron chi connectivity index (χ1n) is 6.37. The lowest BCUT2D eigenvalue weighted by Crippen LogP contribution is -2.09. The highest BCUT2D eigenvalue weighted by atomic mass is 35.5. The highest BCUT2D eigenvalue weighted by Crippen LogP contribution is 2.35. The Balaban J connectivity index is 2.25. The van der Waals surface area contributed by atoms with Crippen LogP contribution in [0.5, 0.6) is 11.5 Å². The van der Waals surface area contributed by atoms with Crippen molar-refractivity contribution in [3.05, 3.63) is 52.6 Å². The van der Waals surface area contributed by atoms with Crippen molar-refractivity contribution < 1.29 is 13.9 Å². The van der Waals surface area contributed by atoms with Gasteiger partial charge in [-0.15, -0.1) is 0 Å². The highest BCUT2D eigenvalue weighted by molar-refractivity contribution is 6.30. The summed E-state index contributed by atoms with van der Waals surface area (Å²) >= 11 is 6.05. The minimum absolute atomic E-state index is 0.194. The van der Waals surface area contributed by atoms with Gasteiger partial charge >= 0.3 is 0 Å². The molecule has 0 saturated carbocycles. The molecule has 21 heavy (non-hydrogen) atoms. The van der Waals surface area contributed by atoms with E-state index in [-0.39, 0.29) is 6.61 Å². The normalized spacial score (nSPS) is 10.5. The number of nitrogens with one attached hydrogen (secondary N) is 1. The molecule has 112 valence electrons. The molecule has 1 heterocycles. The molecule has 4 nitrogen and oxygen atoms in total. The zero-order chi connectivity index (χ0) is 15.2. The van der Waals surface area contributed by atoms with Crippen LogP contribution in [0.4, 0.5) is 4.39 Å². The Morgan fingerprint density at radius 2 is 2.10 bits per heavy atom. The first-order chi connectivity index (χ1) is 10.1. The molecule has 0 aliphatic rings. The number of methoxy groups -OCH3 is 1. The van der Waals surface area contributed by atoms with Crippen LogP contribution in [0.25, 0.3) is 0 Å². The second-order valence-corrected chi connectivity index (χ2v) is 4.86. The average molecular weight is 311 g/mol. The van der Waals surface area contributed by atoms with Crippen molar-refractivity contribution in [2.75, 3.05) is 14.2 Å². The molecule has 0 saturated heterocycles. The number of hydrogen-bond acceptors (Lipinski definition) is 4. The van der Waals surface area contributed by atoms with Crippen molar-refractivity contribution in [3.63, 3.8) is 0 Å². The first-order valence-corrected chi connectivity index (χ1v) is 6.75. The number of aromatic nitrogens is 1. The van der Waals surface area contributed by atoms with E-state index in [4.69, 9.17) is 21.1 Å². The average Bonchev–Trinajstić information content (AvgIpc) is 2.46. The Bertz CT molecular complexity index is 623. The standard InChI is InChI=1S/C15H16ClFN2O2/c1-18-7-11-4-12(16)5-14(20-2)15(11)21-9-10-3-13(17)8-19-6-10/h3-6,8,18H,7,9H2,1-2H3. The molecule has 0 unspecified atom stereocenters. The molecule has 0 radical (unpaired) electrons. The van der Waals surface area contributed by atoms with Gasteiger partial charge in [-0.3, -0.25) is 4.98 Å². The lowest BCUT2D eigenvalue weighted by Gasteiger charge is -2.15. The predicted octanol–water partition coefficient (Wildman–Crippen LogP) is 3.18. The van der Waals surface area contributed by atoms with Crippen LogP contribution in [0, 0.1) is 5.82 Å². The van der Waals surface area contributed by atoms with E-state index in [1.165, 1.54) is 6.07 Å². The number of hydrogen-bond donors (Lipinski definition) is 1. The minimum Gasteiger partial charge on any atom is -0.493 e. The smallest absolute Gasteiger partial charge is 0.166 e. The molecule has 0 aliphatic heterocycles. The largest absolute Gasteiger partial charge is 0.493 e. The SMILES string of the molecule is CNCc1cc(Cl)cc(OC)c1OCc1cncc(F)c1. The fourth-order valence-electron chi connectivity index (χ4n) is 1.95. The molecule has 0 aliphatic carbocycles. The minimum atomic E-state index is -0.394. The maximum absolute atomic E-state index is 13.1. The van der Waals surface area contributed by atoms with Crippen molar-refractivity contribution in [1.29, 1.82) is 0 Å².